The maximum atomic E-state index is 12.2. The number of unbranched alkanes of at least 4 members (excludes halogenated alkanes) is 1. The summed E-state index contributed by atoms with van der Waals surface area (Å²) in [6.45, 7) is 2.71. The fraction of sp³-hybridized carbons (Fsp3) is 0.350. The summed E-state index contributed by atoms with van der Waals surface area (Å²) in [4.78, 5) is 26.5. The van der Waals surface area contributed by atoms with Crippen LogP contribution >= 0.6 is 0 Å². The summed E-state index contributed by atoms with van der Waals surface area (Å²) >= 11 is 0. The van der Waals surface area contributed by atoms with Crippen LogP contribution in [0.4, 0.5) is 0 Å². The fourth-order valence-electron chi connectivity index (χ4n) is 6.21. The topological polar surface area (TPSA) is 74.3 Å². The molecule has 1 unspecified atom stereocenters. The molecule has 0 spiro atoms. The number of methoxy groups -OCH3 is 2. The molecule has 47 heavy (non-hydrogen) atoms. The van der Waals surface area contributed by atoms with Gasteiger partial charge in [-0.25, -0.2) is 4.79 Å². The number of nitrogens with zero attached hydrogens (tertiary/aromatic N) is 1. The molecule has 0 saturated carbocycles. The van der Waals surface area contributed by atoms with E-state index in [1.54, 1.807) is 0 Å². The quantitative estimate of drug-likeness (QED) is 0.0916. The number of carbonyl (C=O) groups excluding carboxylic acids is 2. The van der Waals surface area contributed by atoms with Crippen molar-refractivity contribution in [2.45, 2.75) is 64.2 Å². The number of hydrogen-bond acceptors (Lipinski definition) is 7. The van der Waals surface area contributed by atoms with Gasteiger partial charge in [-0.3, -0.25) is 9.69 Å². The molecule has 246 valence electrons. The molecule has 0 fully saturated rings. The zero-order valence-electron chi connectivity index (χ0n) is 27.5. The molecule has 0 radical (unpaired) electrons. The third-order valence-corrected chi connectivity index (χ3v) is 8.80. The van der Waals surface area contributed by atoms with E-state index in [1.165, 1.54) is 25.3 Å². The van der Waals surface area contributed by atoms with E-state index in [0.29, 0.717) is 25.2 Å². The van der Waals surface area contributed by atoms with Crippen LogP contribution in [0.3, 0.4) is 0 Å². The van der Waals surface area contributed by atoms with Crippen LogP contribution in [0.25, 0.3) is 0 Å². The van der Waals surface area contributed by atoms with E-state index in [4.69, 9.17) is 18.9 Å². The van der Waals surface area contributed by atoms with Crippen molar-refractivity contribution in [3.8, 4) is 11.5 Å². The van der Waals surface area contributed by atoms with Gasteiger partial charge in [0.05, 0.1) is 19.8 Å². The first-order valence-corrected chi connectivity index (χ1v) is 16.5. The molecule has 7 heteroatoms. The summed E-state index contributed by atoms with van der Waals surface area (Å²) in [6.07, 6.45) is 5.97. The summed E-state index contributed by atoms with van der Waals surface area (Å²) in [5.41, 5.74) is 6.45. The zero-order valence-corrected chi connectivity index (χ0v) is 27.5. The van der Waals surface area contributed by atoms with Gasteiger partial charge in [-0.05, 0) is 103 Å². The van der Waals surface area contributed by atoms with Crippen molar-refractivity contribution in [1.82, 2.24) is 4.90 Å². The van der Waals surface area contributed by atoms with Crippen LogP contribution in [0.1, 0.15) is 76.3 Å². The van der Waals surface area contributed by atoms with E-state index < -0.39 is 0 Å². The molecule has 0 aliphatic heterocycles. The molecule has 0 aromatic heterocycles. The van der Waals surface area contributed by atoms with Gasteiger partial charge in [-0.15, -0.1) is 0 Å². The highest BCUT2D eigenvalue weighted by atomic mass is 16.5. The largest absolute Gasteiger partial charge is 0.489 e. The lowest BCUT2D eigenvalue weighted by molar-refractivity contribution is -0.140. The molecule has 5 rings (SSSR count). The van der Waals surface area contributed by atoms with Gasteiger partial charge in [0.25, 0.3) is 0 Å². The summed E-state index contributed by atoms with van der Waals surface area (Å²) in [5.74, 6) is 1.27. The van der Waals surface area contributed by atoms with Crippen LogP contribution in [0, 0.1) is 0 Å². The Morgan fingerprint density at radius 3 is 2.23 bits per heavy atom. The van der Waals surface area contributed by atoms with E-state index in [1.807, 2.05) is 54.6 Å². The molecule has 7 nitrogen and oxygen atoms in total. The van der Waals surface area contributed by atoms with Gasteiger partial charge >= 0.3 is 11.9 Å². The van der Waals surface area contributed by atoms with Gasteiger partial charge < -0.3 is 18.9 Å². The second-order valence-corrected chi connectivity index (χ2v) is 11.9. The Morgan fingerprint density at radius 2 is 1.49 bits per heavy atom. The summed E-state index contributed by atoms with van der Waals surface area (Å²) in [7, 11) is 2.86. The number of benzene rings is 4. The molecule has 0 bridgehead atoms. The first-order valence-electron chi connectivity index (χ1n) is 16.5. The Morgan fingerprint density at radius 1 is 0.766 bits per heavy atom. The minimum Gasteiger partial charge on any atom is -0.489 e. The number of esters is 2. The minimum atomic E-state index is -0.306. The van der Waals surface area contributed by atoms with Crippen molar-refractivity contribution in [1.29, 1.82) is 0 Å². The van der Waals surface area contributed by atoms with Crippen LogP contribution < -0.4 is 9.47 Å². The molecule has 0 N–H and O–H groups in total. The van der Waals surface area contributed by atoms with Crippen LogP contribution in [-0.4, -0.2) is 44.1 Å². The van der Waals surface area contributed by atoms with Crippen molar-refractivity contribution in [3.63, 3.8) is 0 Å². The van der Waals surface area contributed by atoms with E-state index in [0.717, 1.165) is 79.8 Å². The maximum Gasteiger partial charge on any atom is 0.337 e. The van der Waals surface area contributed by atoms with Gasteiger partial charge in [0.15, 0.2) is 0 Å². The second-order valence-electron chi connectivity index (χ2n) is 11.9. The standard InChI is InChI=1S/C40H45NO6/c1-44-39(42)17-8-9-25-41(37-15-10-12-33-27-34(40(43)45-2)22-23-36(33)37)26-24-32-11-6-7-16-38(32)47-29-31-20-18-30(19-21-31)28-46-35-13-4-3-5-14-35/h3-7,11,13-14,16,18-23,27,37H,8-10,12,15,17,24-26,28-29H2,1-2H3. The van der Waals surface area contributed by atoms with Gasteiger partial charge in [-0.1, -0.05) is 66.7 Å². The molecule has 4 aromatic rings. The van der Waals surface area contributed by atoms with E-state index in [9.17, 15) is 9.59 Å². The highest BCUT2D eigenvalue weighted by Crippen LogP contribution is 2.36. The summed E-state index contributed by atoms with van der Waals surface area (Å²) in [6, 6.07) is 32.7. The van der Waals surface area contributed by atoms with E-state index in [2.05, 4.69) is 47.4 Å². The lowest BCUT2D eigenvalue weighted by Gasteiger charge is -2.36. The third kappa shape index (κ3) is 9.69. The van der Waals surface area contributed by atoms with Crippen molar-refractivity contribution < 1.29 is 28.5 Å². The highest BCUT2D eigenvalue weighted by Gasteiger charge is 2.27. The van der Waals surface area contributed by atoms with Crippen molar-refractivity contribution >= 4 is 11.9 Å². The fourth-order valence-corrected chi connectivity index (χ4v) is 6.21. The molecule has 1 aliphatic carbocycles. The van der Waals surface area contributed by atoms with Crippen molar-refractivity contribution in [3.05, 3.63) is 130 Å². The number of fused-ring (bicyclic) bond motifs is 1. The molecule has 1 aliphatic rings. The predicted octanol–water partition coefficient (Wildman–Crippen LogP) is 7.90. The summed E-state index contributed by atoms with van der Waals surface area (Å²) in [5, 5.41) is 0. The molecular formula is C40H45NO6. The SMILES string of the molecule is COC(=O)CCCCN(CCc1ccccc1OCc1ccc(COc2ccccc2)cc1)C1CCCc2cc(C(=O)OC)ccc21. The van der Waals surface area contributed by atoms with Gasteiger partial charge in [0.2, 0.25) is 0 Å². The number of ether oxygens (including phenoxy) is 4. The molecule has 1 atom stereocenters. The number of aryl methyl sites for hydroxylation is 1. The minimum absolute atomic E-state index is 0.170. The number of carbonyl (C=O) groups is 2. The van der Waals surface area contributed by atoms with Crippen LogP contribution in [-0.2, 0) is 40.3 Å². The average molecular weight is 636 g/mol. The Bertz CT molecular complexity index is 1590. The molecule has 0 saturated heterocycles. The molecule has 0 amide bonds. The molecular weight excluding hydrogens is 590 g/mol. The second kappa shape index (κ2) is 17.3. The molecule has 0 heterocycles. The zero-order chi connectivity index (χ0) is 32.8. The Balaban J connectivity index is 1.23. The van der Waals surface area contributed by atoms with Crippen LogP contribution in [0.15, 0.2) is 97.1 Å². The Kier molecular flexibility index (Phi) is 12.4. The highest BCUT2D eigenvalue weighted by molar-refractivity contribution is 5.89. The predicted molar refractivity (Wildman–Crippen MR) is 183 cm³/mol. The van der Waals surface area contributed by atoms with Gasteiger partial charge in [0, 0.05) is 19.0 Å². The number of hydrogen-bond donors (Lipinski definition) is 0. The molecule has 4 aromatic carbocycles. The smallest absolute Gasteiger partial charge is 0.337 e. The monoisotopic (exact) mass is 635 g/mol. The lowest BCUT2D eigenvalue weighted by atomic mass is 9.85. The Hall–Kier alpha value is -4.62. The average Bonchev–Trinajstić information content (AvgIpc) is 3.13. The van der Waals surface area contributed by atoms with Crippen molar-refractivity contribution in [2.24, 2.45) is 0 Å². The first kappa shape index (κ1) is 33.7. The van der Waals surface area contributed by atoms with E-state index in [-0.39, 0.29) is 18.0 Å². The third-order valence-electron chi connectivity index (χ3n) is 8.80. The van der Waals surface area contributed by atoms with Crippen LogP contribution in [0.5, 0.6) is 11.5 Å². The number of para-hydroxylation sites is 2. The van der Waals surface area contributed by atoms with Crippen molar-refractivity contribution in [2.75, 3.05) is 27.3 Å². The maximum absolute atomic E-state index is 12.2. The number of rotatable bonds is 16. The van der Waals surface area contributed by atoms with E-state index >= 15 is 0 Å². The van der Waals surface area contributed by atoms with Gasteiger partial charge in [-0.2, -0.15) is 0 Å². The summed E-state index contributed by atoms with van der Waals surface area (Å²) < 4.78 is 22.1. The lowest BCUT2D eigenvalue weighted by Crippen LogP contribution is -2.34. The van der Waals surface area contributed by atoms with Gasteiger partial charge in [0.1, 0.15) is 24.7 Å². The van der Waals surface area contributed by atoms with Crippen LogP contribution in [0.2, 0.25) is 0 Å². The Labute approximate surface area is 278 Å². The first-order chi connectivity index (χ1) is 23.0. The normalized spacial score (nSPS) is 13.9.